The number of hydrogen-bond acceptors (Lipinski definition) is 3. The summed E-state index contributed by atoms with van der Waals surface area (Å²) in [6, 6.07) is 14.1. The van der Waals surface area contributed by atoms with Gasteiger partial charge in [-0.3, -0.25) is 4.79 Å². The Morgan fingerprint density at radius 3 is 2.46 bits per heavy atom. The van der Waals surface area contributed by atoms with Gasteiger partial charge < -0.3 is 15.0 Å². The summed E-state index contributed by atoms with van der Waals surface area (Å²) in [4.78, 5) is 14.7. The predicted molar refractivity (Wildman–Crippen MR) is 85.1 cm³/mol. The number of ether oxygens (including phenoxy) is 1. The van der Waals surface area contributed by atoms with Crippen LogP contribution in [0.3, 0.4) is 0 Å². The zero-order valence-corrected chi connectivity index (χ0v) is 12.8. The summed E-state index contributed by atoms with van der Waals surface area (Å²) in [7, 11) is 0. The molecule has 4 nitrogen and oxygen atoms in total. The lowest BCUT2D eigenvalue weighted by atomic mass is 10.0. The SMILES string of the molecule is O=C1c2ccccc2N[C@H](c2ccc(OC(F)F)cc2)N1C1CC1. The van der Waals surface area contributed by atoms with Gasteiger partial charge in [0, 0.05) is 11.7 Å². The molecule has 1 saturated carbocycles. The third-order valence-corrected chi connectivity index (χ3v) is 4.32. The van der Waals surface area contributed by atoms with Crippen LogP contribution >= 0.6 is 0 Å². The van der Waals surface area contributed by atoms with E-state index in [4.69, 9.17) is 0 Å². The Morgan fingerprint density at radius 1 is 1.08 bits per heavy atom. The highest BCUT2D eigenvalue weighted by atomic mass is 19.3. The van der Waals surface area contributed by atoms with E-state index < -0.39 is 6.61 Å². The van der Waals surface area contributed by atoms with Gasteiger partial charge in [0.15, 0.2) is 0 Å². The molecular formula is C18H16F2N2O2. The summed E-state index contributed by atoms with van der Waals surface area (Å²) in [6.07, 6.45) is 1.66. The fraction of sp³-hybridized carbons (Fsp3) is 0.278. The summed E-state index contributed by atoms with van der Waals surface area (Å²) in [5.41, 5.74) is 2.29. The number of fused-ring (bicyclic) bond motifs is 1. The van der Waals surface area contributed by atoms with Crippen LogP contribution < -0.4 is 10.1 Å². The van der Waals surface area contributed by atoms with Crippen LogP contribution in [0, 0.1) is 0 Å². The van der Waals surface area contributed by atoms with Crippen molar-refractivity contribution in [1.82, 2.24) is 4.90 Å². The Labute approximate surface area is 138 Å². The normalized spacial score (nSPS) is 19.9. The van der Waals surface area contributed by atoms with Crippen molar-refractivity contribution in [2.24, 2.45) is 0 Å². The van der Waals surface area contributed by atoms with E-state index >= 15 is 0 Å². The number of para-hydroxylation sites is 1. The molecule has 0 radical (unpaired) electrons. The quantitative estimate of drug-likeness (QED) is 0.921. The zero-order valence-electron chi connectivity index (χ0n) is 12.8. The third-order valence-electron chi connectivity index (χ3n) is 4.32. The lowest BCUT2D eigenvalue weighted by Crippen LogP contribution is -2.44. The highest BCUT2D eigenvalue weighted by molar-refractivity contribution is 6.02. The number of carbonyl (C=O) groups excluding carboxylic acids is 1. The van der Waals surface area contributed by atoms with Gasteiger partial charge in [-0.05, 0) is 42.7 Å². The molecule has 24 heavy (non-hydrogen) atoms. The zero-order chi connectivity index (χ0) is 16.7. The van der Waals surface area contributed by atoms with Crippen LogP contribution in [0.15, 0.2) is 48.5 Å². The molecule has 1 heterocycles. The molecule has 1 amide bonds. The molecule has 124 valence electrons. The van der Waals surface area contributed by atoms with Crippen LogP contribution in [-0.2, 0) is 0 Å². The second-order valence-electron chi connectivity index (χ2n) is 5.98. The third kappa shape index (κ3) is 2.68. The van der Waals surface area contributed by atoms with Crippen molar-refractivity contribution in [3.05, 3.63) is 59.7 Å². The number of hydrogen-bond donors (Lipinski definition) is 1. The first-order valence-corrected chi connectivity index (χ1v) is 7.86. The molecule has 6 heteroatoms. The van der Waals surface area contributed by atoms with Crippen LogP contribution in [0.1, 0.15) is 34.9 Å². The molecule has 2 aromatic carbocycles. The Balaban J connectivity index is 1.67. The van der Waals surface area contributed by atoms with Crippen molar-refractivity contribution in [2.75, 3.05) is 5.32 Å². The molecule has 0 saturated heterocycles. The molecule has 1 aliphatic heterocycles. The molecule has 4 rings (SSSR count). The van der Waals surface area contributed by atoms with Crippen LogP contribution in [-0.4, -0.2) is 23.5 Å². The first-order chi connectivity index (χ1) is 11.6. The predicted octanol–water partition coefficient (Wildman–Crippen LogP) is 4.02. The molecule has 0 unspecified atom stereocenters. The monoisotopic (exact) mass is 330 g/mol. The minimum Gasteiger partial charge on any atom is -0.435 e. The second-order valence-corrected chi connectivity index (χ2v) is 5.98. The Morgan fingerprint density at radius 2 is 1.79 bits per heavy atom. The maximum atomic E-state index is 12.9. The van der Waals surface area contributed by atoms with E-state index in [-0.39, 0.29) is 23.9 Å². The van der Waals surface area contributed by atoms with Crippen molar-refractivity contribution in [3.8, 4) is 5.75 Å². The van der Waals surface area contributed by atoms with Crippen molar-refractivity contribution in [3.63, 3.8) is 0 Å². The average Bonchev–Trinajstić information content (AvgIpc) is 3.40. The van der Waals surface area contributed by atoms with Crippen molar-refractivity contribution >= 4 is 11.6 Å². The van der Waals surface area contributed by atoms with Gasteiger partial charge >= 0.3 is 6.61 Å². The Kier molecular flexibility index (Phi) is 3.59. The molecule has 1 N–H and O–H groups in total. The molecular weight excluding hydrogens is 314 g/mol. The number of benzene rings is 2. The maximum Gasteiger partial charge on any atom is 0.387 e. The molecule has 0 spiro atoms. The topological polar surface area (TPSA) is 41.6 Å². The van der Waals surface area contributed by atoms with Gasteiger partial charge in [0.05, 0.1) is 5.56 Å². The van der Waals surface area contributed by atoms with E-state index in [1.807, 2.05) is 29.2 Å². The number of halogens is 2. The number of rotatable bonds is 4. The fourth-order valence-corrected chi connectivity index (χ4v) is 3.07. The van der Waals surface area contributed by atoms with Gasteiger partial charge in [0.2, 0.25) is 0 Å². The maximum absolute atomic E-state index is 12.9. The average molecular weight is 330 g/mol. The first kappa shape index (κ1) is 14.9. The largest absolute Gasteiger partial charge is 0.435 e. The summed E-state index contributed by atoms with van der Waals surface area (Å²) >= 11 is 0. The molecule has 1 fully saturated rings. The lowest BCUT2D eigenvalue weighted by molar-refractivity contribution is -0.0498. The summed E-state index contributed by atoms with van der Waals surface area (Å²) < 4.78 is 28.9. The van der Waals surface area contributed by atoms with Crippen molar-refractivity contribution in [1.29, 1.82) is 0 Å². The van der Waals surface area contributed by atoms with Crippen LogP contribution in [0.25, 0.3) is 0 Å². The van der Waals surface area contributed by atoms with Crippen LogP contribution in [0.2, 0.25) is 0 Å². The van der Waals surface area contributed by atoms with E-state index in [1.54, 1.807) is 12.1 Å². The molecule has 1 atom stereocenters. The first-order valence-electron chi connectivity index (χ1n) is 7.86. The van der Waals surface area contributed by atoms with Crippen molar-refractivity contribution < 1.29 is 18.3 Å². The standard InChI is InChI=1S/C18H16F2N2O2/c19-18(20)24-13-9-5-11(6-10-13)16-21-15-4-2-1-3-14(15)17(23)22(16)12-7-8-12/h1-6,9-10,12,16,18,21H,7-8H2/t16-/m0/s1. The number of anilines is 1. The van der Waals surface area contributed by atoms with Gasteiger partial charge in [-0.2, -0.15) is 8.78 Å². The minimum absolute atomic E-state index is 0.00440. The smallest absolute Gasteiger partial charge is 0.387 e. The lowest BCUT2D eigenvalue weighted by Gasteiger charge is -2.38. The van der Waals surface area contributed by atoms with Gasteiger partial charge in [0.1, 0.15) is 11.9 Å². The highest BCUT2D eigenvalue weighted by Crippen LogP contribution is 2.40. The number of nitrogens with zero attached hydrogens (tertiary/aromatic N) is 1. The van der Waals surface area contributed by atoms with E-state index in [9.17, 15) is 13.6 Å². The molecule has 2 aromatic rings. The number of alkyl halides is 2. The van der Waals surface area contributed by atoms with E-state index in [2.05, 4.69) is 10.1 Å². The van der Waals surface area contributed by atoms with Crippen molar-refractivity contribution in [2.45, 2.75) is 31.7 Å². The van der Waals surface area contributed by atoms with Gasteiger partial charge in [-0.25, -0.2) is 0 Å². The van der Waals surface area contributed by atoms with Gasteiger partial charge in [-0.15, -0.1) is 0 Å². The van der Waals surface area contributed by atoms with Gasteiger partial charge in [-0.1, -0.05) is 24.3 Å². The molecule has 0 bridgehead atoms. The summed E-state index contributed by atoms with van der Waals surface area (Å²) in [6.45, 7) is -2.85. The highest BCUT2D eigenvalue weighted by Gasteiger charge is 2.41. The van der Waals surface area contributed by atoms with Gasteiger partial charge in [0.25, 0.3) is 5.91 Å². The Bertz CT molecular complexity index is 760. The molecule has 2 aliphatic rings. The summed E-state index contributed by atoms with van der Waals surface area (Å²) in [5, 5.41) is 3.39. The summed E-state index contributed by atoms with van der Waals surface area (Å²) in [5.74, 6) is 0.110. The van der Waals surface area contributed by atoms with Crippen LogP contribution in [0.4, 0.5) is 14.5 Å². The van der Waals surface area contributed by atoms with Crippen LogP contribution in [0.5, 0.6) is 5.75 Å². The Hall–Kier alpha value is -2.63. The second kappa shape index (κ2) is 5.78. The van der Waals surface area contributed by atoms with E-state index in [0.717, 1.165) is 24.1 Å². The van der Waals surface area contributed by atoms with E-state index in [0.29, 0.717) is 5.56 Å². The number of carbonyl (C=O) groups is 1. The van der Waals surface area contributed by atoms with E-state index in [1.165, 1.54) is 12.1 Å². The minimum atomic E-state index is -2.85. The number of nitrogens with one attached hydrogen (secondary N) is 1. The number of amides is 1. The molecule has 0 aromatic heterocycles. The fourth-order valence-electron chi connectivity index (χ4n) is 3.07. The molecule has 1 aliphatic carbocycles.